The highest BCUT2D eigenvalue weighted by molar-refractivity contribution is 5.96. The summed E-state index contributed by atoms with van der Waals surface area (Å²) in [5, 5.41) is 10.3. The summed E-state index contributed by atoms with van der Waals surface area (Å²) in [6.07, 6.45) is 8.23. The molecular weight excluding hydrogens is 512 g/mol. The zero-order chi connectivity index (χ0) is 27.8. The molecule has 1 aliphatic carbocycles. The van der Waals surface area contributed by atoms with Crippen molar-refractivity contribution in [2.75, 3.05) is 5.32 Å². The van der Waals surface area contributed by atoms with Crippen LogP contribution >= 0.6 is 0 Å². The first kappa shape index (κ1) is 25.2. The SMILES string of the molecule is CCCC(=O)Nc1cncc(-c2ccc3[nH]nc(-c4nc5c([nH]4)CC(N)=CC=C5c4ccc(F)cc4)c3c2F)c1. The monoisotopic (exact) mass is 537 g/mol. The molecule has 0 radical (unpaired) electrons. The van der Waals surface area contributed by atoms with Crippen LogP contribution in [-0.2, 0) is 11.2 Å². The van der Waals surface area contributed by atoms with Crippen LogP contribution < -0.4 is 11.1 Å². The summed E-state index contributed by atoms with van der Waals surface area (Å²) in [6, 6.07) is 11.2. The molecule has 0 aliphatic heterocycles. The average molecular weight is 538 g/mol. The van der Waals surface area contributed by atoms with E-state index in [2.05, 4.69) is 25.5 Å². The van der Waals surface area contributed by atoms with E-state index in [4.69, 9.17) is 10.7 Å². The van der Waals surface area contributed by atoms with E-state index >= 15 is 4.39 Å². The van der Waals surface area contributed by atoms with Crippen LogP contribution in [0.2, 0.25) is 0 Å². The molecule has 0 atom stereocenters. The largest absolute Gasteiger partial charge is 0.402 e. The third-order valence-electron chi connectivity index (χ3n) is 6.74. The highest BCUT2D eigenvalue weighted by Crippen LogP contribution is 2.36. The van der Waals surface area contributed by atoms with Crippen molar-refractivity contribution >= 4 is 28.1 Å². The number of carbonyl (C=O) groups excluding carboxylic acids is 1. The number of anilines is 1. The lowest BCUT2D eigenvalue weighted by Gasteiger charge is -2.08. The highest BCUT2D eigenvalue weighted by atomic mass is 19.1. The molecule has 3 aromatic heterocycles. The predicted octanol–water partition coefficient (Wildman–Crippen LogP) is 5.86. The normalized spacial score (nSPS) is 13.0. The van der Waals surface area contributed by atoms with Crippen LogP contribution in [-0.4, -0.2) is 31.1 Å². The van der Waals surface area contributed by atoms with Crippen LogP contribution in [0.4, 0.5) is 14.5 Å². The third kappa shape index (κ3) is 4.64. The van der Waals surface area contributed by atoms with Crippen molar-refractivity contribution in [1.29, 1.82) is 0 Å². The second-order valence-electron chi connectivity index (χ2n) is 9.60. The van der Waals surface area contributed by atoms with E-state index in [-0.39, 0.29) is 17.1 Å². The Morgan fingerprint density at radius 2 is 1.88 bits per heavy atom. The second-order valence-corrected chi connectivity index (χ2v) is 9.60. The molecule has 1 aliphatic rings. The number of nitrogens with one attached hydrogen (secondary N) is 3. The van der Waals surface area contributed by atoms with Gasteiger partial charge in [0.05, 0.1) is 28.5 Å². The van der Waals surface area contributed by atoms with Gasteiger partial charge in [0.25, 0.3) is 0 Å². The number of benzene rings is 2. The summed E-state index contributed by atoms with van der Waals surface area (Å²) in [4.78, 5) is 24.3. The third-order valence-corrected chi connectivity index (χ3v) is 6.74. The first-order valence-corrected chi connectivity index (χ1v) is 12.8. The summed E-state index contributed by atoms with van der Waals surface area (Å²) in [7, 11) is 0. The minimum absolute atomic E-state index is 0.128. The van der Waals surface area contributed by atoms with Crippen molar-refractivity contribution in [2.45, 2.75) is 26.2 Å². The molecule has 0 bridgehead atoms. The number of rotatable bonds is 6. The molecule has 0 fully saturated rings. The Hall–Kier alpha value is -5.12. The molecule has 8 nitrogen and oxygen atoms in total. The number of aromatic amines is 2. The van der Waals surface area contributed by atoms with Crippen molar-refractivity contribution in [3.05, 3.63) is 101 Å². The molecule has 0 spiro atoms. The maximum Gasteiger partial charge on any atom is 0.224 e. The summed E-state index contributed by atoms with van der Waals surface area (Å²) in [5.41, 5.74) is 11.8. The minimum Gasteiger partial charge on any atom is -0.402 e. The molecule has 3 heterocycles. The van der Waals surface area contributed by atoms with Crippen LogP contribution in [0.1, 0.15) is 36.7 Å². The van der Waals surface area contributed by atoms with E-state index in [0.717, 1.165) is 16.8 Å². The van der Waals surface area contributed by atoms with E-state index in [9.17, 15) is 9.18 Å². The Morgan fingerprint density at radius 1 is 1.05 bits per heavy atom. The van der Waals surface area contributed by atoms with Crippen molar-refractivity contribution in [3.63, 3.8) is 0 Å². The zero-order valence-electron chi connectivity index (χ0n) is 21.6. The van der Waals surface area contributed by atoms with Gasteiger partial charge in [0.1, 0.15) is 17.3 Å². The molecule has 2 aromatic carbocycles. The van der Waals surface area contributed by atoms with Gasteiger partial charge in [0.15, 0.2) is 5.82 Å². The maximum absolute atomic E-state index is 16.1. The van der Waals surface area contributed by atoms with E-state index in [1.807, 2.05) is 13.0 Å². The Labute approximate surface area is 228 Å². The summed E-state index contributed by atoms with van der Waals surface area (Å²) >= 11 is 0. The molecule has 10 heteroatoms. The van der Waals surface area contributed by atoms with Crippen molar-refractivity contribution < 1.29 is 13.6 Å². The average Bonchev–Trinajstić information content (AvgIpc) is 3.51. The van der Waals surface area contributed by atoms with Crippen molar-refractivity contribution in [2.24, 2.45) is 5.73 Å². The number of H-pyrrole nitrogens is 2. The van der Waals surface area contributed by atoms with Crippen LogP contribution in [0.15, 0.2) is 72.7 Å². The van der Waals surface area contributed by atoms with E-state index in [1.54, 1.807) is 42.6 Å². The van der Waals surface area contributed by atoms with Crippen LogP contribution in [0, 0.1) is 11.6 Å². The summed E-state index contributed by atoms with van der Waals surface area (Å²) in [5.74, 6) is -0.597. The van der Waals surface area contributed by atoms with Gasteiger partial charge in [-0.1, -0.05) is 25.1 Å². The van der Waals surface area contributed by atoms with Gasteiger partial charge in [-0.25, -0.2) is 13.8 Å². The van der Waals surface area contributed by atoms with Crippen LogP contribution in [0.5, 0.6) is 0 Å². The molecule has 0 unspecified atom stereocenters. The molecule has 0 saturated heterocycles. The number of imidazole rings is 1. The molecule has 5 aromatic rings. The molecule has 200 valence electrons. The quantitative estimate of drug-likeness (QED) is 0.216. The van der Waals surface area contributed by atoms with Crippen molar-refractivity contribution in [3.8, 4) is 22.6 Å². The highest BCUT2D eigenvalue weighted by Gasteiger charge is 2.24. The fourth-order valence-corrected chi connectivity index (χ4v) is 4.84. The Morgan fingerprint density at radius 3 is 2.67 bits per heavy atom. The van der Waals surface area contributed by atoms with Gasteiger partial charge in [-0.05, 0) is 48.4 Å². The summed E-state index contributed by atoms with van der Waals surface area (Å²) < 4.78 is 29.7. The number of amides is 1. The number of nitrogens with zero attached hydrogens (tertiary/aromatic N) is 3. The lowest BCUT2D eigenvalue weighted by Crippen LogP contribution is -2.10. The number of pyridine rings is 1. The predicted molar refractivity (Wildman–Crippen MR) is 150 cm³/mol. The zero-order valence-corrected chi connectivity index (χ0v) is 21.6. The minimum atomic E-state index is -0.500. The number of aromatic nitrogens is 5. The fourth-order valence-electron chi connectivity index (χ4n) is 4.84. The molecule has 0 saturated carbocycles. The molecule has 6 rings (SSSR count). The molecule has 5 N–H and O–H groups in total. The second kappa shape index (κ2) is 10.2. The van der Waals surface area contributed by atoms with Gasteiger partial charge in [-0.3, -0.25) is 14.9 Å². The molecular formula is C30H25F2N7O. The number of hydrogen-bond acceptors (Lipinski definition) is 5. The Balaban J connectivity index is 1.42. The van der Waals surface area contributed by atoms with Crippen molar-refractivity contribution in [1.82, 2.24) is 25.1 Å². The molecule has 40 heavy (non-hydrogen) atoms. The number of hydrogen-bond donors (Lipinski definition) is 4. The van der Waals surface area contributed by atoms with Gasteiger partial charge in [0.2, 0.25) is 5.91 Å². The van der Waals surface area contributed by atoms with Crippen LogP contribution in [0.3, 0.4) is 0 Å². The number of fused-ring (bicyclic) bond motifs is 2. The van der Waals surface area contributed by atoms with Gasteiger partial charge in [-0.2, -0.15) is 5.10 Å². The number of carbonyl (C=O) groups is 1. The van der Waals surface area contributed by atoms with Crippen LogP contribution in [0.25, 0.3) is 39.1 Å². The first-order chi connectivity index (χ1) is 19.4. The maximum atomic E-state index is 16.1. The lowest BCUT2D eigenvalue weighted by molar-refractivity contribution is -0.116. The number of halogens is 2. The van der Waals surface area contributed by atoms with Gasteiger partial charge >= 0.3 is 0 Å². The first-order valence-electron chi connectivity index (χ1n) is 12.8. The lowest BCUT2D eigenvalue weighted by atomic mass is 10.0. The standard InChI is InChI=1S/C30H25F2N7O/c1-2-3-25(40)35-20-12-17(14-34-15-20)21-10-11-23-26(27(21)32)29(39-38-23)30-36-24-13-19(33)8-9-22(28(24)37-30)16-4-6-18(31)7-5-16/h4-12,14-15H,2-3,13,33H2,1H3,(H,35,40)(H,36,37)(H,38,39). The number of nitrogens with two attached hydrogens (primary N) is 1. The number of allylic oxidation sites excluding steroid dienone is 3. The summed E-state index contributed by atoms with van der Waals surface area (Å²) in [6.45, 7) is 1.92. The van der Waals surface area contributed by atoms with Gasteiger partial charge < -0.3 is 16.0 Å². The fraction of sp³-hybridized carbons (Fsp3) is 0.133. The molecule has 1 amide bonds. The topological polar surface area (TPSA) is 125 Å². The smallest absolute Gasteiger partial charge is 0.224 e. The Bertz CT molecular complexity index is 1820. The van der Waals surface area contributed by atoms with E-state index < -0.39 is 5.82 Å². The Kier molecular flexibility index (Phi) is 6.43. The van der Waals surface area contributed by atoms with E-state index in [1.165, 1.54) is 18.3 Å². The van der Waals surface area contributed by atoms with Gasteiger partial charge in [0, 0.05) is 47.1 Å². The van der Waals surface area contributed by atoms with E-state index in [0.29, 0.717) is 64.5 Å². The van der Waals surface area contributed by atoms with Gasteiger partial charge in [-0.15, -0.1) is 0 Å².